The summed E-state index contributed by atoms with van der Waals surface area (Å²) in [5, 5.41) is 0. The van der Waals surface area contributed by atoms with Crippen LogP contribution in [0, 0.1) is 0 Å². The summed E-state index contributed by atoms with van der Waals surface area (Å²) < 4.78 is 43.1. The first-order chi connectivity index (χ1) is 13.3. The number of hydrogen-bond donors (Lipinski definition) is 0. The molecule has 0 aromatic carbocycles. The van der Waals surface area contributed by atoms with Crippen molar-refractivity contribution in [2.45, 2.75) is 38.5 Å². The van der Waals surface area contributed by atoms with E-state index in [1.54, 1.807) is 6.20 Å². The fourth-order valence-corrected chi connectivity index (χ4v) is 2.96. The molecule has 6 nitrogen and oxygen atoms in total. The van der Waals surface area contributed by atoms with Gasteiger partial charge in [-0.2, -0.15) is 0 Å². The van der Waals surface area contributed by atoms with Gasteiger partial charge in [-0.1, -0.05) is 0 Å². The van der Waals surface area contributed by atoms with Gasteiger partial charge in [0.15, 0.2) is 18.2 Å². The summed E-state index contributed by atoms with van der Waals surface area (Å²) >= 11 is 0.823. The third-order valence-corrected chi connectivity index (χ3v) is 4.78. The zero-order valence-corrected chi connectivity index (χ0v) is 16.7. The third kappa shape index (κ3) is 5.02. The smallest absolute Gasteiger partial charge is 0.278 e. The van der Waals surface area contributed by atoms with Gasteiger partial charge in [0.1, 0.15) is 5.69 Å². The van der Waals surface area contributed by atoms with Gasteiger partial charge in [0.05, 0.1) is 12.2 Å². The van der Waals surface area contributed by atoms with Crippen molar-refractivity contribution < 1.29 is 21.9 Å². The molecule has 9 heteroatoms. The van der Waals surface area contributed by atoms with Crippen LogP contribution in [-0.2, 0) is 11.2 Å². The van der Waals surface area contributed by atoms with Crippen LogP contribution >= 0.6 is 12.3 Å². The van der Waals surface area contributed by atoms with E-state index < -0.39 is 18.1 Å². The summed E-state index contributed by atoms with van der Waals surface area (Å²) in [7, 11) is 1.46. The number of ether oxygens (including phenoxy) is 1. The first kappa shape index (κ1) is 20.6. The Labute approximate surface area is 166 Å². The fourth-order valence-electron chi connectivity index (χ4n) is 2.62. The van der Waals surface area contributed by atoms with Crippen molar-refractivity contribution in [1.29, 1.82) is 0 Å². The lowest BCUT2D eigenvalue weighted by Crippen LogP contribution is -2.26. The van der Waals surface area contributed by atoms with Gasteiger partial charge in [-0.25, -0.2) is 8.78 Å². The van der Waals surface area contributed by atoms with Gasteiger partial charge in [-0.15, -0.1) is 0 Å². The fraction of sp³-hybridized carbons (Fsp3) is 0.474. The first-order valence-corrected chi connectivity index (χ1v) is 9.64. The number of halogens is 2. The van der Waals surface area contributed by atoms with Crippen LogP contribution in [0.1, 0.15) is 38.2 Å². The highest BCUT2D eigenvalue weighted by atomic mass is 32.2. The maximum absolute atomic E-state index is 13.0. The molecule has 0 radical (unpaired) electrons. The molecule has 3 rings (SSSR count). The predicted molar refractivity (Wildman–Crippen MR) is 103 cm³/mol. The Morgan fingerprint density at radius 3 is 2.75 bits per heavy atom. The van der Waals surface area contributed by atoms with Gasteiger partial charge >= 0.3 is 0 Å². The van der Waals surface area contributed by atoms with Gasteiger partial charge in [-0.3, -0.25) is 18.5 Å². The molecule has 0 unspecified atom stereocenters. The van der Waals surface area contributed by atoms with Gasteiger partial charge in [0.25, 0.3) is 11.5 Å². The Morgan fingerprint density at radius 2 is 2.11 bits per heavy atom. The van der Waals surface area contributed by atoms with E-state index in [1.165, 1.54) is 23.7 Å². The van der Waals surface area contributed by atoms with E-state index in [1.807, 2.05) is 13.0 Å². The van der Waals surface area contributed by atoms with E-state index in [-0.39, 0.29) is 11.4 Å². The normalized spacial score (nSPS) is 14.2. The molecule has 28 heavy (non-hydrogen) atoms. The van der Waals surface area contributed by atoms with Crippen LogP contribution in [0.15, 0.2) is 29.2 Å². The average Bonchev–Trinajstić information content (AvgIpc) is 3.48. The molecule has 0 bridgehead atoms. The Kier molecular flexibility index (Phi) is 6.24. The number of nitrogens with zero attached hydrogens (tertiary/aromatic N) is 2. The molecule has 152 valence electrons. The number of pyridine rings is 2. The van der Waals surface area contributed by atoms with Crippen LogP contribution < -0.4 is 14.5 Å². The minimum Gasteiger partial charge on any atom is -0.472 e. The molecule has 1 saturated carbocycles. The summed E-state index contributed by atoms with van der Waals surface area (Å²) in [4.78, 5) is 17.2. The van der Waals surface area contributed by atoms with Crippen molar-refractivity contribution in [3.63, 3.8) is 0 Å². The summed E-state index contributed by atoms with van der Waals surface area (Å²) in [6.07, 6.45) is 3.95. The highest BCUT2D eigenvalue weighted by Gasteiger charge is 2.26. The minimum absolute atomic E-state index is 0.0519. The maximum atomic E-state index is 13.0. The SMILES string of the molecule is CCOSOc1cc(C2CC2)cnc1-c1ccc(OCC(C)(F)F)n(C)c1=O. The van der Waals surface area contributed by atoms with Crippen LogP contribution in [0.3, 0.4) is 0 Å². The van der Waals surface area contributed by atoms with Crippen molar-refractivity contribution >= 4 is 12.3 Å². The van der Waals surface area contributed by atoms with Crippen molar-refractivity contribution in [3.8, 4) is 22.9 Å². The van der Waals surface area contributed by atoms with E-state index in [4.69, 9.17) is 13.1 Å². The number of alkyl halides is 2. The Hall–Kier alpha value is -2.13. The van der Waals surface area contributed by atoms with Crippen LogP contribution in [0.5, 0.6) is 11.6 Å². The summed E-state index contributed by atoms with van der Waals surface area (Å²) in [5.41, 5.74) is 1.28. The molecule has 2 aromatic rings. The van der Waals surface area contributed by atoms with Crippen molar-refractivity contribution in [2.75, 3.05) is 13.2 Å². The molecule has 0 N–H and O–H groups in total. The van der Waals surface area contributed by atoms with Crippen LogP contribution in [0.2, 0.25) is 0 Å². The highest BCUT2D eigenvalue weighted by Crippen LogP contribution is 2.42. The van der Waals surface area contributed by atoms with Crippen molar-refractivity contribution in [3.05, 3.63) is 40.3 Å². The minimum atomic E-state index is -2.99. The van der Waals surface area contributed by atoms with Gasteiger partial charge < -0.3 is 8.92 Å². The lowest BCUT2D eigenvalue weighted by molar-refractivity contribution is -0.0252. The first-order valence-electron chi connectivity index (χ1n) is 8.97. The number of hydrogen-bond acceptors (Lipinski definition) is 6. The molecule has 0 saturated heterocycles. The molecule has 1 aliphatic rings. The molecule has 1 aliphatic carbocycles. The maximum Gasteiger partial charge on any atom is 0.278 e. The number of aromatic nitrogens is 2. The molecule has 0 amide bonds. The highest BCUT2D eigenvalue weighted by molar-refractivity contribution is 7.90. The van der Waals surface area contributed by atoms with Gasteiger partial charge in [-0.05, 0) is 49.4 Å². The van der Waals surface area contributed by atoms with Crippen molar-refractivity contribution in [2.24, 2.45) is 7.05 Å². The second-order valence-corrected chi connectivity index (χ2v) is 7.29. The molecule has 0 spiro atoms. The second kappa shape index (κ2) is 8.48. The summed E-state index contributed by atoms with van der Waals surface area (Å²) in [5.74, 6) is -2.05. The van der Waals surface area contributed by atoms with Gasteiger partial charge in [0.2, 0.25) is 12.3 Å². The third-order valence-electron chi connectivity index (χ3n) is 4.20. The summed E-state index contributed by atoms with van der Waals surface area (Å²) in [6.45, 7) is 2.24. The molecular formula is C19H22F2N2O4S. The van der Waals surface area contributed by atoms with E-state index in [0.717, 1.165) is 37.7 Å². The largest absolute Gasteiger partial charge is 0.472 e. The quantitative estimate of drug-likeness (QED) is 0.451. The van der Waals surface area contributed by atoms with E-state index in [2.05, 4.69) is 4.98 Å². The lowest BCUT2D eigenvalue weighted by Gasteiger charge is -2.16. The predicted octanol–water partition coefficient (Wildman–Crippen LogP) is 4.34. The standard InChI is InChI=1S/C19H22F2N2O4S/c1-4-26-28-27-15-9-13(12-5-6-12)10-22-17(15)14-7-8-16(23(3)18(14)24)25-11-19(2,20)21/h7-10,12H,4-6,11H2,1-3H3. The van der Waals surface area contributed by atoms with Crippen LogP contribution in [0.4, 0.5) is 8.78 Å². The molecule has 2 aromatic heterocycles. The zero-order chi connectivity index (χ0) is 20.3. The van der Waals surface area contributed by atoms with Crippen LogP contribution in [0.25, 0.3) is 11.3 Å². The molecule has 0 atom stereocenters. The monoisotopic (exact) mass is 412 g/mol. The van der Waals surface area contributed by atoms with E-state index in [9.17, 15) is 13.6 Å². The molecule has 2 heterocycles. The second-order valence-electron chi connectivity index (χ2n) is 6.76. The topological polar surface area (TPSA) is 62.6 Å². The van der Waals surface area contributed by atoms with Crippen LogP contribution in [-0.4, -0.2) is 28.7 Å². The van der Waals surface area contributed by atoms with E-state index >= 15 is 0 Å². The number of rotatable bonds is 9. The molecule has 1 fully saturated rings. The van der Waals surface area contributed by atoms with E-state index in [0.29, 0.717) is 24.0 Å². The Bertz CT molecular complexity index is 894. The Morgan fingerprint density at radius 1 is 1.36 bits per heavy atom. The molecular weight excluding hydrogens is 390 g/mol. The zero-order valence-electron chi connectivity index (χ0n) is 15.9. The average molecular weight is 412 g/mol. The summed E-state index contributed by atoms with van der Waals surface area (Å²) in [6, 6.07) is 4.84. The van der Waals surface area contributed by atoms with Gasteiger partial charge in [0, 0.05) is 20.2 Å². The Balaban J connectivity index is 1.93. The van der Waals surface area contributed by atoms with Crippen molar-refractivity contribution in [1.82, 2.24) is 9.55 Å². The molecule has 0 aliphatic heterocycles. The lowest BCUT2D eigenvalue weighted by atomic mass is 10.1.